The molecule has 0 heterocycles. The zero-order valence-electron chi connectivity index (χ0n) is 14.6. The normalized spacial score (nSPS) is 18.2. The highest BCUT2D eigenvalue weighted by Crippen LogP contribution is 2.53. The number of carbonyl (C=O) groups excluding carboxylic acids is 2. The van der Waals surface area contributed by atoms with E-state index in [1.165, 1.54) is 13.4 Å². The van der Waals surface area contributed by atoms with Crippen LogP contribution < -0.4 is 0 Å². The molecule has 0 saturated heterocycles. The maximum absolute atomic E-state index is 13.1. The molecule has 1 unspecified atom stereocenters. The molecular formula is C17H23NO5S. The van der Waals surface area contributed by atoms with Gasteiger partial charge >= 0.3 is 12.1 Å². The monoisotopic (exact) mass is 353 g/mol. The molecule has 1 atom stereocenters. The van der Waals surface area contributed by atoms with Crippen molar-refractivity contribution in [2.45, 2.75) is 44.0 Å². The van der Waals surface area contributed by atoms with Crippen LogP contribution in [0.5, 0.6) is 0 Å². The molecule has 1 aliphatic rings. The number of ether oxygens (including phenoxy) is 2. The summed E-state index contributed by atoms with van der Waals surface area (Å²) in [5, 5.41) is 0. The summed E-state index contributed by atoms with van der Waals surface area (Å²) in [6.45, 7) is 5.20. The highest BCUT2D eigenvalue weighted by atomic mass is 32.2. The van der Waals surface area contributed by atoms with Gasteiger partial charge in [0, 0.05) is 6.26 Å². The number of amides is 1. The number of esters is 1. The van der Waals surface area contributed by atoms with Crippen molar-refractivity contribution in [3.05, 3.63) is 35.4 Å². The Balaban J connectivity index is 2.31. The second-order valence-electron chi connectivity index (χ2n) is 6.94. The van der Waals surface area contributed by atoms with Gasteiger partial charge in [-0.05, 0) is 51.3 Å². The van der Waals surface area contributed by atoms with E-state index in [1.807, 2.05) is 0 Å². The summed E-state index contributed by atoms with van der Waals surface area (Å²) >= 11 is 0. The third kappa shape index (κ3) is 3.77. The molecule has 6 nitrogen and oxygen atoms in total. The first-order valence-corrected chi connectivity index (χ1v) is 9.57. The van der Waals surface area contributed by atoms with Crippen molar-refractivity contribution in [2.24, 2.45) is 4.36 Å². The lowest BCUT2D eigenvalue weighted by Crippen LogP contribution is -2.25. The van der Waals surface area contributed by atoms with Gasteiger partial charge < -0.3 is 9.47 Å². The smallest absolute Gasteiger partial charge is 0.442 e. The van der Waals surface area contributed by atoms with Crippen LogP contribution >= 0.6 is 0 Å². The lowest BCUT2D eigenvalue weighted by atomic mass is 10.1. The van der Waals surface area contributed by atoms with Crippen molar-refractivity contribution in [3.63, 3.8) is 0 Å². The zero-order chi connectivity index (χ0) is 18.2. The van der Waals surface area contributed by atoms with Gasteiger partial charge in [0.05, 0.1) is 27.1 Å². The average Bonchev–Trinajstić information content (AvgIpc) is 3.26. The molecule has 0 spiro atoms. The van der Waals surface area contributed by atoms with Crippen molar-refractivity contribution in [1.82, 2.24) is 0 Å². The Morgan fingerprint density at radius 1 is 1.17 bits per heavy atom. The van der Waals surface area contributed by atoms with E-state index in [0.29, 0.717) is 18.4 Å². The topological polar surface area (TPSA) is 82.0 Å². The highest BCUT2D eigenvalue weighted by molar-refractivity contribution is 7.94. The molecule has 0 radical (unpaired) electrons. The standard InChI is InChI=1S/C17H23NO5S/c1-16(2,3)23-15(20)18-24(5,21)17(10-11-17)13-8-6-12(7-9-13)14(19)22-4/h6-9H,10-11H2,1-5H3. The minimum Gasteiger partial charge on any atom is -0.465 e. The Hall–Kier alpha value is -1.89. The molecule has 1 amide bonds. The number of carbonyl (C=O) groups is 2. The molecule has 1 aliphatic carbocycles. The van der Waals surface area contributed by atoms with E-state index < -0.39 is 32.1 Å². The van der Waals surface area contributed by atoms with Gasteiger partial charge in [-0.15, -0.1) is 4.36 Å². The number of nitrogens with zero attached hydrogens (tertiary/aromatic N) is 1. The molecule has 1 aromatic carbocycles. The summed E-state index contributed by atoms with van der Waals surface area (Å²) in [6, 6.07) is 6.74. The van der Waals surface area contributed by atoms with Crippen LogP contribution in [0.3, 0.4) is 0 Å². The first-order valence-electron chi connectivity index (χ1n) is 7.64. The van der Waals surface area contributed by atoms with Gasteiger partial charge in [0.1, 0.15) is 5.60 Å². The largest absolute Gasteiger partial charge is 0.465 e. The zero-order valence-corrected chi connectivity index (χ0v) is 15.4. The molecule has 1 saturated carbocycles. The maximum Gasteiger partial charge on any atom is 0.442 e. The van der Waals surface area contributed by atoms with Crippen molar-refractivity contribution in [3.8, 4) is 0 Å². The van der Waals surface area contributed by atoms with Crippen LogP contribution in [0.1, 0.15) is 49.5 Å². The van der Waals surface area contributed by atoms with Gasteiger partial charge in [-0.3, -0.25) is 0 Å². The molecule has 0 aromatic heterocycles. The number of hydrogen-bond donors (Lipinski definition) is 0. The molecule has 24 heavy (non-hydrogen) atoms. The first kappa shape index (κ1) is 18.4. The number of methoxy groups -OCH3 is 1. The Labute approximate surface area is 142 Å². The van der Waals surface area contributed by atoms with E-state index in [-0.39, 0.29) is 0 Å². The fraction of sp³-hybridized carbons (Fsp3) is 0.529. The minimum absolute atomic E-state index is 0.420. The van der Waals surface area contributed by atoms with Gasteiger partial charge in [-0.1, -0.05) is 12.1 Å². The van der Waals surface area contributed by atoms with Gasteiger partial charge in [0.2, 0.25) is 0 Å². The highest BCUT2D eigenvalue weighted by Gasteiger charge is 2.52. The Bertz CT molecular complexity index is 763. The molecular weight excluding hydrogens is 330 g/mol. The van der Waals surface area contributed by atoms with E-state index in [2.05, 4.69) is 9.10 Å². The van der Waals surface area contributed by atoms with Crippen LogP contribution in [0, 0.1) is 0 Å². The van der Waals surface area contributed by atoms with E-state index >= 15 is 0 Å². The third-order valence-electron chi connectivity index (χ3n) is 3.90. The molecule has 132 valence electrons. The Morgan fingerprint density at radius 3 is 2.12 bits per heavy atom. The molecule has 7 heteroatoms. The Kier molecular flexibility index (Phi) is 4.77. The lowest BCUT2D eigenvalue weighted by Gasteiger charge is -2.20. The fourth-order valence-electron chi connectivity index (χ4n) is 2.54. The number of hydrogen-bond acceptors (Lipinski definition) is 5. The van der Waals surface area contributed by atoms with Crippen molar-refractivity contribution in [2.75, 3.05) is 13.4 Å². The first-order chi connectivity index (χ1) is 11.0. The summed E-state index contributed by atoms with van der Waals surface area (Å²) in [6.07, 6.45) is 2.02. The lowest BCUT2D eigenvalue weighted by molar-refractivity contribution is 0.0593. The average molecular weight is 353 g/mol. The van der Waals surface area contributed by atoms with E-state index in [0.717, 1.165) is 5.56 Å². The fourth-order valence-corrected chi connectivity index (χ4v) is 4.47. The summed E-state index contributed by atoms with van der Waals surface area (Å²) in [7, 11) is -1.51. The Morgan fingerprint density at radius 2 is 1.71 bits per heavy atom. The second kappa shape index (κ2) is 6.20. The van der Waals surface area contributed by atoms with Crippen LogP contribution in [0.4, 0.5) is 4.79 Å². The van der Waals surface area contributed by atoms with Crippen LogP contribution in [0.25, 0.3) is 0 Å². The van der Waals surface area contributed by atoms with Crippen molar-refractivity contribution >= 4 is 21.8 Å². The number of rotatable bonds is 3. The second-order valence-corrected chi connectivity index (χ2v) is 9.51. The summed E-state index contributed by atoms with van der Waals surface area (Å²) in [5.74, 6) is -0.429. The van der Waals surface area contributed by atoms with Crippen LogP contribution in [-0.2, 0) is 23.9 Å². The quantitative estimate of drug-likeness (QED) is 0.777. The molecule has 1 aromatic rings. The number of benzene rings is 1. The predicted octanol–water partition coefficient (Wildman–Crippen LogP) is 3.50. The molecule has 2 rings (SSSR count). The molecule has 0 bridgehead atoms. The van der Waals surface area contributed by atoms with Gasteiger partial charge in [-0.2, -0.15) is 0 Å². The SMILES string of the molecule is COC(=O)c1ccc(C2(S(C)(=O)=NC(=O)OC(C)(C)C)CC2)cc1. The predicted molar refractivity (Wildman–Crippen MR) is 91.4 cm³/mol. The van der Waals surface area contributed by atoms with Crippen molar-refractivity contribution in [1.29, 1.82) is 0 Å². The molecule has 1 fully saturated rings. The molecule has 0 aliphatic heterocycles. The maximum atomic E-state index is 13.1. The van der Waals surface area contributed by atoms with E-state index in [4.69, 9.17) is 4.74 Å². The summed E-state index contributed by atoms with van der Waals surface area (Å²) in [5.41, 5.74) is 0.535. The minimum atomic E-state index is -2.83. The van der Waals surface area contributed by atoms with Gasteiger partial charge in [0.15, 0.2) is 0 Å². The van der Waals surface area contributed by atoms with Crippen LogP contribution in [-0.4, -0.2) is 35.2 Å². The third-order valence-corrected chi connectivity index (χ3v) is 6.49. The summed E-state index contributed by atoms with van der Waals surface area (Å²) in [4.78, 5) is 23.4. The van der Waals surface area contributed by atoms with Crippen LogP contribution in [0.2, 0.25) is 0 Å². The molecule has 0 N–H and O–H groups in total. The van der Waals surface area contributed by atoms with E-state index in [9.17, 15) is 13.8 Å². The van der Waals surface area contributed by atoms with Gasteiger partial charge in [-0.25, -0.2) is 13.8 Å². The van der Waals surface area contributed by atoms with Crippen molar-refractivity contribution < 1.29 is 23.3 Å². The van der Waals surface area contributed by atoms with Crippen LogP contribution in [0.15, 0.2) is 28.6 Å². The van der Waals surface area contributed by atoms with E-state index in [1.54, 1.807) is 45.0 Å². The summed E-state index contributed by atoms with van der Waals surface area (Å²) < 4.78 is 26.1. The van der Waals surface area contributed by atoms with Gasteiger partial charge in [0.25, 0.3) is 0 Å².